The normalized spacial score (nSPS) is 12.4. The minimum atomic E-state index is -2.21. The molecule has 3 N–H and O–H groups in total. The fraction of sp³-hybridized carbons (Fsp3) is 0. The van der Waals surface area contributed by atoms with Gasteiger partial charge in [-0.3, -0.25) is 10.1 Å². The first-order valence-corrected chi connectivity index (χ1v) is 4.28. The Morgan fingerprint density at radius 1 is 1.54 bits per heavy atom. The van der Waals surface area contributed by atoms with Crippen LogP contribution in [0.1, 0.15) is 0 Å². The van der Waals surface area contributed by atoms with Gasteiger partial charge in [-0.2, -0.15) is 0 Å². The smallest absolute Gasteiger partial charge is 0.271 e. The van der Waals surface area contributed by atoms with Crippen molar-refractivity contribution in [2.45, 2.75) is 4.90 Å². The van der Waals surface area contributed by atoms with Crippen LogP contribution in [0.4, 0.5) is 11.4 Å². The first kappa shape index (κ1) is 9.62. The van der Waals surface area contributed by atoms with Crippen molar-refractivity contribution in [3.63, 3.8) is 0 Å². The van der Waals surface area contributed by atoms with Crippen LogP contribution in [0.3, 0.4) is 0 Å². The van der Waals surface area contributed by atoms with Crippen LogP contribution in [0.25, 0.3) is 0 Å². The summed E-state index contributed by atoms with van der Waals surface area (Å²) in [5.41, 5.74) is 5.04. The van der Waals surface area contributed by atoms with Crippen molar-refractivity contribution in [1.29, 1.82) is 0 Å². The molecule has 1 aromatic rings. The van der Waals surface area contributed by atoms with E-state index < -0.39 is 16.0 Å². The fourth-order valence-electron chi connectivity index (χ4n) is 0.808. The zero-order valence-electron chi connectivity index (χ0n) is 6.34. The van der Waals surface area contributed by atoms with E-state index in [9.17, 15) is 14.3 Å². The number of nitrogens with two attached hydrogens (primary N) is 1. The summed E-state index contributed by atoms with van der Waals surface area (Å²) in [6, 6.07) is 3.33. The van der Waals surface area contributed by atoms with Gasteiger partial charge in [0.2, 0.25) is 0 Å². The molecule has 0 aliphatic carbocycles. The Hall–Kier alpha value is -1.47. The van der Waals surface area contributed by atoms with E-state index >= 15 is 0 Å². The highest BCUT2D eigenvalue weighted by Gasteiger charge is 2.11. The summed E-state index contributed by atoms with van der Waals surface area (Å²) in [6.45, 7) is 0. The zero-order chi connectivity index (χ0) is 10.0. The van der Waals surface area contributed by atoms with E-state index in [0.29, 0.717) is 0 Å². The predicted octanol–water partition coefficient (Wildman–Crippen LogP) is 0.758. The van der Waals surface area contributed by atoms with E-state index in [4.69, 9.17) is 10.3 Å². The zero-order valence-corrected chi connectivity index (χ0v) is 7.15. The minimum Gasteiger partial charge on any atom is -0.397 e. The number of anilines is 1. The third-order valence-corrected chi connectivity index (χ3v) is 2.14. The predicted molar refractivity (Wildman–Crippen MR) is 46.5 cm³/mol. The highest BCUT2D eigenvalue weighted by molar-refractivity contribution is 7.79. The molecule has 0 aliphatic heterocycles. The number of hydrogen-bond acceptors (Lipinski definition) is 4. The summed E-state index contributed by atoms with van der Waals surface area (Å²) in [5, 5.41) is 10.2. The summed E-state index contributed by atoms with van der Waals surface area (Å²) in [6.07, 6.45) is 0. The first-order chi connectivity index (χ1) is 6.02. The van der Waals surface area contributed by atoms with Gasteiger partial charge >= 0.3 is 0 Å². The molecule has 7 heteroatoms. The number of benzene rings is 1. The number of nitro benzene ring substituents is 1. The number of non-ortho nitro benzene ring substituents is 1. The Morgan fingerprint density at radius 3 is 2.54 bits per heavy atom. The molecule has 1 aromatic carbocycles. The van der Waals surface area contributed by atoms with E-state index in [0.717, 1.165) is 18.2 Å². The van der Waals surface area contributed by atoms with Crippen LogP contribution >= 0.6 is 0 Å². The van der Waals surface area contributed by atoms with Crippen LogP contribution in [-0.2, 0) is 11.1 Å². The van der Waals surface area contributed by atoms with Gasteiger partial charge < -0.3 is 10.3 Å². The SMILES string of the molecule is Nc1cc([N+](=O)[O-])ccc1S(=O)O. The molecule has 13 heavy (non-hydrogen) atoms. The minimum absolute atomic E-state index is 0.0226. The lowest BCUT2D eigenvalue weighted by Gasteiger charge is -1.99. The summed E-state index contributed by atoms with van der Waals surface area (Å²) in [4.78, 5) is 9.60. The van der Waals surface area contributed by atoms with Crippen molar-refractivity contribution in [3.8, 4) is 0 Å². The number of nitro groups is 1. The Labute approximate surface area is 75.8 Å². The van der Waals surface area contributed by atoms with Gasteiger partial charge in [0.1, 0.15) is 0 Å². The van der Waals surface area contributed by atoms with E-state index in [1.807, 2.05) is 0 Å². The van der Waals surface area contributed by atoms with Crippen LogP contribution in [0.15, 0.2) is 23.1 Å². The summed E-state index contributed by atoms with van der Waals surface area (Å²) in [7, 11) is 0. The lowest BCUT2D eigenvalue weighted by Crippen LogP contribution is -1.98. The second-order valence-corrected chi connectivity index (χ2v) is 3.17. The van der Waals surface area contributed by atoms with Crippen LogP contribution < -0.4 is 5.73 Å². The third kappa shape index (κ3) is 2.01. The van der Waals surface area contributed by atoms with Gasteiger partial charge in [-0.15, -0.1) is 0 Å². The maximum absolute atomic E-state index is 10.6. The van der Waals surface area contributed by atoms with Crippen LogP contribution in [0.2, 0.25) is 0 Å². The summed E-state index contributed by atoms with van der Waals surface area (Å²) in [5.74, 6) is 0. The largest absolute Gasteiger partial charge is 0.397 e. The molecule has 0 aliphatic rings. The Morgan fingerprint density at radius 2 is 2.15 bits per heavy atom. The van der Waals surface area contributed by atoms with Crippen molar-refractivity contribution in [3.05, 3.63) is 28.3 Å². The molecule has 0 saturated heterocycles. The fourth-order valence-corrected chi connectivity index (χ4v) is 1.25. The highest BCUT2D eigenvalue weighted by atomic mass is 32.2. The van der Waals surface area contributed by atoms with Gasteiger partial charge in [0, 0.05) is 12.1 Å². The molecule has 0 heterocycles. The number of nitrogens with zero attached hydrogens (tertiary/aromatic N) is 1. The Balaban J connectivity index is 3.20. The van der Waals surface area contributed by atoms with Gasteiger partial charge in [0.25, 0.3) is 5.69 Å². The van der Waals surface area contributed by atoms with Crippen molar-refractivity contribution in [2.24, 2.45) is 0 Å². The molecule has 0 aromatic heterocycles. The van der Waals surface area contributed by atoms with Gasteiger partial charge in [-0.1, -0.05) is 0 Å². The van der Waals surface area contributed by atoms with Crippen molar-refractivity contribution < 1.29 is 13.7 Å². The van der Waals surface area contributed by atoms with E-state index in [-0.39, 0.29) is 16.3 Å². The van der Waals surface area contributed by atoms with E-state index in [1.165, 1.54) is 0 Å². The molecule has 0 bridgehead atoms. The molecule has 6 nitrogen and oxygen atoms in total. The molecule has 0 fully saturated rings. The summed E-state index contributed by atoms with van der Waals surface area (Å²) < 4.78 is 19.2. The van der Waals surface area contributed by atoms with Gasteiger partial charge in [-0.25, -0.2) is 4.21 Å². The molecule has 0 spiro atoms. The molecule has 70 valence electrons. The average molecular weight is 202 g/mol. The number of rotatable bonds is 2. The van der Waals surface area contributed by atoms with Crippen LogP contribution in [0.5, 0.6) is 0 Å². The standard InChI is InChI=1S/C6H6N2O4S/c7-5-3-4(8(9)10)1-2-6(5)13(11)12/h1-3H,7H2,(H,11,12). The maximum Gasteiger partial charge on any atom is 0.271 e. The van der Waals surface area contributed by atoms with Crippen LogP contribution in [0, 0.1) is 10.1 Å². The van der Waals surface area contributed by atoms with Gasteiger partial charge in [-0.05, 0) is 6.07 Å². The molecule has 0 amide bonds. The molecule has 1 unspecified atom stereocenters. The van der Waals surface area contributed by atoms with Crippen molar-refractivity contribution in [2.75, 3.05) is 5.73 Å². The summed E-state index contributed by atoms with van der Waals surface area (Å²) >= 11 is -2.21. The average Bonchev–Trinajstić information content (AvgIpc) is 2.03. The molecular formula is C6H6N2O4S. The second kappa shape index (κ2) is 3.50. The van der Waals surface area contributed by atoms with Crippen molar-refractivity contribution in [1.82, 2.24) is 0 Å². The first-order valence-electron chi connectivity index (χ1n) is 3.17. The topological polar surface area (TPSA) is 106 Å². The van der Waals surface area contributed by atoms with Gasteiger partial charge in [0.05, 0.1) is 15.5 Å². The molecule has 0 radical (unpaired) electrons. The van der Waals surface area contributed by atoms with Gasteiger partial charge in [0.15, 0.2) is 11.1 Å². The molecular weight excluding hydrogens is 196 g/mol. The maximum atomic E-state index is 10.6. The third-order valence-electron chi connectivity index (χ3n) is 1.39. The quantitative estimate of drug-likeness (QED) is 0.318. The highest BCUT2D eigenvalue weighted by Crippen LogP contribution is 2.21. The van der Waals surface area contributed by atoms with Crippen LogP contribution in [-0.4, -0.2) is 13.7 Å². The monoisotopic (exact) mass is 202 g/mol. The number of nitrogen functional groups attached to an aromatic ring is 1. The number of hydrogen-bond donors (Lipinski definition) is 2. The Bertz CT molecular complexity index is 379. The Kier molecular flexibility index (Phi) is 2.59. The molecule has 0 saturated carbocycles. The van der Waals surface area contributed by atoms with E-state index in [1.54, 1.807) is 0 Å². The van der Waals surface area contributed by atoms with Crippen molar-refractivity contribution >= 4 is 22.5 Å². The second-order valence-electron chi connectivity index (χ2n) is 2.23. The lowest BCUT2D eigenvalue weighted by atomic mass is 10.3. The molecule has 1 atom stereocenters. The molecule has 1 rings (SSSR count). The van der Waals surface area contributed by atoms with E-state index in [2.05, 4.69) is 0 Å². The lowest BCUT2D eigenvalue weighted by molar-refractivity contribution is -0.384.